The predicted molar refractivity (Wildman–Crippen MR) is 60.3 cm³/mol. The van der Waals surface area contributed by atoms with Crippen molar-refractivity contribution in [3.8, 4) is 0 Å². The molecule has 2 heterocycles. The molecule has 0 spiro atoms. The number of hydrogen-bond acceptors (Lipinski definition) is 3. The van der Waals surface area contributed by atoms with Gasteiger partial charge in [-0.3, -0.25) is 4.79 Å². The number of amides is 1. The van der Waals surface area contributed by atoms with Gasteiger partial charge in [0.25, 0.3) is 5.91 Å². The minimum absolute atomic E-state index is 0.148. The van der Waals surface area contributed by atoms with Crippen LogP contribution in [0.25, 0.3) is 0 Å². The highest BCUT2D eigenvalue weighted by Gasteiger charge is 2.40. The minimum Gasteiger partial charge on any atom is -0.304 e. The summed E-state index contributed by atoms with van der Waals surface area (Å²) in [6.45, 7) is 0. The van der Waals surface area contributed by atoms with Crippen LogP contribution in [0.4, 0.5) is 27.8 Å². The number of carbonyl (C=O) groups is 1. The Labute approximate surface area is 114 Å². The molecule has 0 aliphatic carbocycles. The zero-order chi connectivity index (χ0) is 15.8. The smallest absolute Gasteiger partial charge is 0.304 e. The molecule has 1 N–H and O–H groups in total. The van der Waals surface area contributed by atoms with Crippen molar-refractivity contribution in [3.05, 3.63) is 41.4 Å². The molecule has 2 rings (SSSR count). The Morgan fingerprint density at radius 1 is 1.29 bits per heavy atom. The van der Waals surface area contributed by atoms with Gasteiger partial charge in [-0.1, -0.05) is 0 Å². The van der Waals surface area contributed by atoms with E-state index in [0.717, 1.165) is 25.4 Å². The molecule has 0 fully saturated rings. The number of aromatic nitrogens is 3. The number of halogens is 5. The van der Waals surface area contributed by atoms with Crippen LogP contribution in [0, 0.1) is 11.8 Å². The Bertz CT molecular complexity index is 677. The average molecular weight is 306 g/mol. The van der Waals surface area contributed by atoms with E-state index >= 15 is 0 Å². The third-order valence-corrected chi connectivity index (χ3v) is 2.48. The van der Waals surface area contributed by atoms with E-state index < -0.39 is 35.4 Å². The molecule has 2 aromatic rings. The van der Waals surface area contributed by atoms with Crippen LogP contribution in [0.1, 0.15) is 16.1 Å². The van der Waals surface area contributed by atoms with Gasteiger partial charge < -0.3 is 5.32 Å². The molecule has 0 radical (unpaired) electrons. The largest absolute Gasteiger partial charge is 0.438 e. The van der Waals surface area contributed by atoms with Crippen molar-refractivity contribution < 1.29 is 26.7 Å². The number of aryl methyl sites for hydroxylation is 1. The van der Waals surface area contributed by atoms with Gasteiger partial charge in [-0.25, -0.2) is 14.1 Å². The molecule has 0 saturated heterocycles. The van der Waals surface area contributed by atoms with E-state index in [1.165, 1.54) is 0 Å². The quantitative estimate of drug-likeness (QED) is 0.684. The topological polar surface area (TPSA) is 59.8 Å². The highest BCUT2D eigenvalue weighted by molar-refractivity contribution is 6.03. The van der Waals surface area contributed by atoms with E-state index in [1.54, 1.807) is 0 Å². The van der Waals surface area contributed by atoms with Crippen molar-refractivity contribution >= 4 is 11.7 Å². The number of alkyl halides is 3. The molecule has 10 heteroatoms. The Morgan fingerprint density at radius 3 is 2.43 bits per heavy atom. The van der Waals surface area contributed by atoms with E-state index in [9.17, 15) is 26.7 Å². The lowest BCUT2D eigenvalue weighted by atomic mass is 10.2. The summed E-state index contributed by atoms with van der Waals surface area (Å²) >= 11 is 0. The highest BCUT2D eigenvalue weighted by atomic mass is 19.4. The van der Waals surface area contributed by atoms with Gasteiger partial charge >= 0.3 is 6.18 Å². The summed E-state index contributed by atoms with van der Waals surface area (Å²) in [5.41, 5.74) is -1.89. The summed E-state index contributed by atoms with van der Waals surface area (Å²) in [6, 6.07) is 1.94. The zero-order valence-electron chi connectivity index (χ0n) is 10.4. The molecule has 0 aliphatic heterocycles. The molecule has 2 aromatic heterocycles. The highest BCUT2D eigenvalue weighted by Crippen LogP contribution is 2.33. The molecule has 0 atom stereocenters. The molecule has 112 valence electrons. The fourth-order valence-electron chi connectivity index (χ4n) is 1.50. The monoisotopic (exact) mass is 306 g/mol. The van der Waals surface area contributed by atoms with Gasteiger partial charge in [0.1, 0.15) is 0 Å². The van der Waals surface area contributed by atoms with Gasteiger partial charge in [0, 0.05) is 13.2 Å². The van der Waals surface area contributed by atoms with Crippen molar-refractivity contribution in [1.29, 1.82) is 0 Å². The van der Waals surface area contributed by atoms with Crippen LogP contribution in [0.5, 0.6) is 0 Å². The summed E-state index contributed by atoms with van der Waals surface area (Å²) in [4.78, 5) is 14.9. The molecule has 5 nitrogen and oxygen atoms in total. The SMILES string of the molecule is Cn1nc(C(F)(F)F)c(F)c1NC(=O)c1ccc(F)nc1. The molecule has 21 heavy (non-hydrogen) atoms. The van der Waals surface area contributed by atoms with Gasteiger partial charge in [-0.15, -0.1) is 0 Å². The molecule has 0 aliphatic rings. The first-order chi connectivity index (χ1) is 9.70. The predicted octanol–water partition coefficient (Wildman–Crippen LogP) is 2.36. The standard InChI is InChI=1S/C11H7F5N4O/c1-20-9(7(13)8(19-20)11(14,15)16)18-10(21)5-2-3-6(12)17-4-5/h2-4H,1H3,(H,18,21). The molecule has 0 unspecified atom stereocenters. The van der Waals surface area contributed by atoms with Gasteiger partial charge in [-0.05, 0) is 12.1 Å². The van der Waals surface area contributed by atoms with Crippen LogP contribution < -0.4 is 5.32 Å². The minimum atomic E-state index is -4.98. The maximum atomic E-state index is 13.6. The van der Waals surface area contributed by atoms with E-state index in [4.69, 9.17) is 0 Å². The summed E-state index contributed by atoms with van der Waals surface area (Å²) in [6.07, 6.45) is -4.12. The van der Waals surface area contributed by atoms with Crippen LogP contribution in [0.2, 0.25) is 0 Å². The number of rotatable bonds is 2. The molecule has 0 aromatic carbocycles. The number of anilines is 1. The second-order valence-corrected chi connectivity index (χ2v) is 3.96. The third-order valence-electron chi connectivity index (χ3n) is 2.48. The first-order valence-corrected chi connectivity index (χ1v) is 5.42. The van der Waals surface area contributed by atoms with Crippen molar-refractivity contribution in [2.24, 2.45) is 7.05 Å². The van der Waals surface area contributed by atoms with Crippen molar-refractivity contribution in [1.82, 2.24) is 14.8 Å². The van der Waals surface area contributed by atoms with Crippen LogP contribution in [-0.2, 0) is 13.2 Å². The van der Waals surface area contributed by atoms with E-state index in [-0.39, 0.29) is 5.56 Å². The van der Waals surface area contributed by atoms with E-state index in [2.05, 4.69) is 10.1 Å². The van der Waals surface area contributed by atoms with E-state index in [0.29, 0.717) is 4.68 Å². The normalized spacial score (nSPS) is 11.5. The van der Waals surface area contributed by atoms with Crippen molar-refractivity contribution in [2.45, 2.75) is 6.18 Å². The summed E-state index contributed by atoms with van der Waals surface area (Å²) in [5.74, 6) is -4.24. The molecule has 0 saturated carbocycles. The molecule has 0 bridgehead atoms. The number of carbonyl (C=O) groups excluding carboxylic acids is 1. The maximum absolute atomic E-state index is 13.6. The van der Waals surface area contributed by atoms with Crippen LogP contribution >= 0.6 is 0 Å². The van der Waals surface area contributed by atoms with Crippen LogP contribution in [-0.4, -0.2) is 20.7 Å². The molecule has 1 amide bonds. The first kappa shape index (κ1) is 14.9. The Kier molecular flexibility index (Phi) is 3.62. The number of hydrogen-bond donors (Lipinski definition) is 1. The Balaban J connectivity index is 2.30. The third kappa shape index (κ3) is 2.98. The number of nitrogens with one attached hydrogen (secondary N) is 1. The molecular formula is C11H7F5N4O. The van der Waals surface area contributed by atoms with Crippen molar-refractivity contribution in [2.75, 3.05) is 5.32 Å². The van der Waals surface area contributed by atoms with Gasteiger partial charge in [0.05, 0.1) is 5.56 Å². The first-order valence-electron chi connectivity index (χ1n) is 5.42. The zero-order valence-corrected chi connectivity index (χ0v) is 10.4. The Hall–Kier alpha value is -2.52. The molecular weight excluding hydrogens is 299 g/mol. The number of pyridine rings is 1. The summed E-state index contributed by atoms with van der Waals surface area (Å²) in [5, 5.41) is 4.90. The lowest BCUT2D eigenvalue weighted by Crippen LogP contribution is -2.16. The second-order valence-electron chi connectivity index (χ2n) is 3.96. The van der Waals surface area contributed by atoms with Crippen LogP contribution in [0.3, 0.4) is 0 Å². The number of nitrogens with zero attached hydrogens (tertiary/aromatic N) is 3. The van der Waals surface area contributed by atoms with Crippen LogP contribution in [0.15, 0.2) is 18.3 Å². The summed E-state index contributed by atoms with van der Waals surface area (Å²) < 4.78 is 64.2. The fraction of sp³-hybridized carbons (Fsp3) is 0.182. The lowest BCUT2D eigenvalue weighted by molar-refractivity contribution is -0.143. The van der Waals surface area contributed by atoms with E-state index in [1.807, 2.05) is 5.32 Å². The second kappa shape index (κ2) is 5.11. The Morgan fingerprint density at radius 2 is 1.95 bits per heavy atom. The average Bonchev–Trinajstić information content (AvgIpc) is 2.67. The fourth-order valence-corrected chi connectivity index (χ4v) is 1.50. The van der Waals surface area contributed by atoms with Crippen molar-refractivity contribution in [3.63, 3.8) is 0 Å². The van der Waals surface area contributed by atoms with Gasteiger partial charge in [0.15, 0.2) is 11.6 Å². The van der Waals surface area contributed by atoms with Gasteiger partial charge in [-0.2, -0.15) is 22.7 Å². The summed E-state index contributed by atoms with van der Waals surface area (Å²) in [7, 11) is 1.04. The maximum Gasteiger partial charge on any atom is 0.438 e. The lowest BCUT2D eigenvalue weighted by Gasteiger charge is -2.05. The van der Waals surface area contributed by atoms with Gasteiger partial charge in [0.2, 0.25) is 11.6 Å².